The van der Waals surface area contributed by atoms with Crippen LogP contribution in [0.15, 0.2) is 249 Å². The van der Waals surface area contributed by atoms with Crippen molar-refractivity contribution in [2.75, 3.05) is 4.90 Å². The van der Waals surface area contributed by atoms with Gasteiger partial charge in [-0.3, -0.25) is 0 Å². The van der Waals surface area contributed by atoms with E-state index in [9.17, 15) is 0 Å². The van der Waals surface area contributed by atoms with Gasteiger partial charge in [0.05, 0.1) is 16.5 Å². The van der Waals surface area contributed by atoms with Crippen LogP contribution in [0, 0.1) is 0 Å². The van der Waals surface area contributed by atoms with Crippen molar-refractivity contribution in [3.63, 3.8) is 0 Å². The second-order valence-corrected chi connectivity index (χ2v) is 23.9. The van der Waals surface area contributed by atoms with Crippen LogP contribution in [0.2, 0.25) is 0 Å². The summed E-state index contributed by atoms with van der Waals surface area (Å²) in [6.07, 6.45) is 0. The van der Waals surface area contributed by atoms with E-state index in [1.165, 1.54) is 94.6 Å². The predicted octanol–water partition coefficient (Wildman–Crippen LogP) is 19.9. The summed E-state index contributed by atoms with van der Waals surface area (Å²) in [7, 11) is 0. The van der Waals surface area contributed by atoms with Crippen molar-refractivity contribution in [2.24, 2.45) is 0 Å². The summed E-state index contributed by atoms with van der Waals surface area (Å²) in [6.45, 7) is 14.0. The molecule has 15 rings (SSSR count). The lowest BCUT2D eigenvalue weighted by molar-refractivity contribution is 0.437. The minimum Gasteiger partial charge on any atom is -0.456 e. The van der Waals surface area contributed by atoms with Crippen LogP contribution in [0.25, 0.3) is 55.6 Å². The van der Waals surface area contributed by atoms with Gasteiger partial charge in [0.1, 0.15) is 11.5 Å². The Hall–Kier alpha value is -8.98. The van der Waals surface area contributed by atoms with Crippen LogP contribution in [-0.2, 0) is 21.7 Å². The van der Waals surface area contributed by atoms with Crippen LogP contribution in [-0.4, -0.2) is 0 Å². The van der Waals surface area contributed by atoms with Crippen LogP contribution in [0.4, 0.5) is 17.1 Å². The van der Waals surface area contributed by atoms with Gasteiger partial charge in [-0.15, -0.1) is 0 Å². The minimum atomic E-state index is -0.660. The van der Waals surface area contributed by atoms with E-state index in [2.05, 4.69) is 295 Å². The average molecular weight is 1000 g/mol. The Labute approximate surface area is 459 Å². The molecule has 2 spiro atoms. The molecular weight excluding hydrogens is 943 g/mol. The molecule has 1 heterocycles. The maximum absolute atomic E-state index is 7.49. The third kappa shape index (κ3) is 6.44. The van der Waals surface area contributed by atoms with E-state index in [1.54, 1.807) is 0 Å². The van der Waals surface area contributed by atoms with Crippen molar-refractivity contribution >= 4 is 17.1 Å². The van der Waals surface area contributed by atoms with E-state index < -0.39 is 10.8 Å². The van der Waals surface area contributed by atoms with E-state index in [0.717, 1.165) is 45.3 Å². The van der Waals surface area contributed by atoms with Crippen LogP contribution >= 0.6 is 0 Å². The van der Waals surface area contributed by atoms with E-state index in [4.69, 9.17) is 4.74 Å². The molecule has 0 atom stereocenters. The predicted molar refractivity (Wildman–Crippen MR) is 323 cm³/mol. The van der Waals surface area contributed by atoms with Gasteiger partial charge in [0.15, 0.2) is 0 Å². The number of rotatable bonds is 5. The molecule has 11 aromatic rings. The van der Waals surface area contributed by atoms with Gasteiger partial charge in [-0.05, 0) is 136 Å². The molecule has 0 aromatic heterocycles. The van der Waals surface area contributed by atoms with Crippen molar-refractivity contribution in [1.82, 2.24) is 0 Å². The average Bonchev–Trinajstić information content (AvgIpc) is 2.09. The quantitative estimate of drug-likeness (QED) is 0.170. The fraction of sp³-hybridized carbons (Fsp3) is 0.132. The first-order valence-corrected chi connectivity index (χ1v) is 27.7. The third-order valence-corrected chi connectivity index (χ3v) is 17.7. The Morgan fingerprint density at radius 2 is 0.705 bits per heavy atom. The highest BCUT2D eigenvalue weighted by molar-refractivity contribution is 5.99. The van der Waals surface area contributed by atoms with Crippen LogP contribution in [0.5, 0.6) is 11.5 Å². The zero-order chi connectivity index (χ0) is 52.7. The largest absolute Gasteiger partial charge is 0.456 e. The molecule has 3 aliphatic carbocycles. The van der Waals surface area contributed by atoms with Gasteiger partial charge < -0.3 is 9.64 Å². The molecule has 0 radical (unpaired) electrons. The number of fused-ring (bicyclic) bond motifs is 19. The highest BCUT2D eigenvalue weighted by Gasteiger charge is 2.54. The zero-order valence-corrected chi connectivity index (χ0v) is 45.0. The highest BCUT2D eigenvalue weighted by atomic mass is 16.5. The summed E-state index contributed by atoms with van der Waals surface area (Å²) in [6, 6.07) is 93.5. The Morgan fingerprint density at radius 1 is 0.295 bits per heavy atom. The molecule has 4 aliphatic rings. The first-order chi connectivity index (χ1) is 38.0. The van der Waals surface area contributed by atoms with Crippen molar-refractivity contribution in [2.45, 2.75) is 63.2 Å². The van der Waals surface area contributed by atoms with E-state index in [1.807, 2.05) is 0 Å². The Bertz CT molecular complexity index is 4130. The second-order valence-electron chi connectivity index (χ2n) is 23.9. The molecule has 0 saturated heterocycles. The summed E-state index contributed by atoms with van der Waals surface area (Å²) < 4.78 is 7.49. The topological polar surface area (TPSA) is 12.5 Å². The molecule has 11 aromatic carbocycles. The molecule has 0 saturated carbocycles. The van der Waals surface area contributed by atoms with E-state index in [0.29, 0.717) is 0 Å². The van der Waals surface area contributed by atoms with Gasteiger partial charge in [0, 0.05) is 33.6 Å². The Kier molecular flexibility index (Phi) is 9.95. The zero-order valence-electron chi connectivity index (χ0n) is 45.0. The second kappa shape index (κ2) is 16.8. The lowest BCUT2D eigenvalue weighted by Crippen LogP contribution is -2.33. The van der Waals surface area contributed by atoms with Gasteiger partial charge in [0.2, 0.25) is 0 Å². The summed E-state index contributed by atoms with van der Waals surface area (Å²) >= 11 is 0. The van der Waals surface area contributed by atoms with Crippen molar-refractivity contribution in [3.05, 3.63) is 304 Å². The van der Waals surface area contributed by atoms with Gasteiger partial charge in [-0.2, -0.15) is 0 Å². The van der Waals surface area contributed by atoms with Gasteiger partial charge in [-0.1, -0.05) is 254 Å². The van der Waals surface area contributed by atoms with E-state index in [-0.39, 0.29) is 10.8 Å². The fourth-order valence-corrected chi connectivity index (χ4v) is 14.1. The number of ether oxygens (including phenoxy) is 1. The summed E-state index contributed by atoms with van der Waals surface area (Å²) in [5.41, 5.74) is 26.9. The van der Waals surface area contributed by atoms with Crippen molar-refractivity contribution < 1.29 is 4.74 Å². The molecule has 2 nitrogen and oxygen atoms in total. The SMILES string of the molecule is CC(C)(C)c1ccc2c(c1)C1(c3ccccc3Oc3c(-c4ccccc4N(c4ccc(-c5ccccc5)cc4)c4ccc5c(c4)C4(c6ccccc6-c6ccccc64)c4ccccc4-5)cccc31)c1cc(C(C)(C)C)ccc1-2. The monoisotopic (exact) mass is 1000 g/mol. The normalized spacial score (nSPS) is 14.3. The first-order valence-electron chi connectivity index (χ1n) is 27.7. The summed E-state index contributed by atoms with van der Waals surface area (Å²) in [5.74, 6) is 1.76. The lowest BCUT2D eigenvalue weighted by Gasteiger charge is -2.41. The molecule has 0 fully saturated rings. The van der Waals surface area contributed by atoms with Gasteiger partial charge in [-0.25, -0.2) is 0 Å². The number of nitrogens with zero attached hydrogens (tertiary/aromatic N) is 1. The number of hydrogen-bond donors (Lipinski definition) is 0. The molecule has 0 bridgehead atoms. The molecule has 374 valence electrons. The summed E-state index contributed by atoms with van der Waals surface area (Å²) in [5, 5.41) is 0. The molecule has 2 heteroatoms. The van der Waals surface area contributed by atoms with Crippen LogP contribution < -0.4 is 9.64 Å². The maximum Gasteiger partial charge on any atom is 0.140 e. The van der Waals surface area contributed by atoms with Crippen molar-refractivity contribution in [3.8, 4) is 67.1 Å². The molecular formula is C76H59NO. The maximum atomic E-state index is 7.49. The molecule has 1 aliphatic heterocycles. The first kappa shape index (κ1) is 46.3. The standard InChI is InChI=1S/C76H59NO/c1-73(2,3)50-37-42-57-58-43-38-51(74(4,5)6)46-68(58)76(67(57)45-50)65-31-17-19-34-71(65)78-72-61(27-20-32-66(72)76)60-26-13-18-33-70(60)77(52-39-35-49(36-40-52)48-21-8-7-9-22-48)53-41-44-59-56-25-12-16-30-64(56)75(69(59)47-53)62-28-14-10-23-54(62)55-24-11-15-29-63(55)75/h7-47H,1-6H3. The van der Waals surface area contributed by atoms with Gasteiger partial charge in [0.25, 0.3) is 0 Å². The highest BCUT2D eigenvalue weighted by Crippen LogP contribution is 2.66. The van der Waals surface area contributed by atoms with Crippen LogP contribution in [0.3, 0.4) is 0 Å². The number of anilines is 3. The van der Waals surface area contributed by atoms with Crippen molar-refractivity contribution in [1.29, 1.82) is 0 Å². The van der Waals surface area contributed by atoms with Crippen LogP contribution in [0.1, 0.15) is 97.2 Å². The Balaban J connectivity index is 0.988. The number of hydrogen-bond acceptors (Lipinski definition) is 2. The molecule has 0 amide bonds. The molecule has 0 unspecified atom stereocenters. The number of para-hydroxylation sites is 3. The number of benzene rings is 11. The molecule has 78 heavy (non-hydrogen) atoms. The van der Waals surface area contributed by atoms with Gasteiger partial charge >= 0.3 is 0 Å². The fourth-order valence-electron chi connectivity index (χ4n) is 14.1. The Morgan fingerprint density at radius 3 is 1.28 bits per heavy atom. The third-order valence-electron chi connectivity index (χ3n) is 17.7. The molecule has 0 N–H and O–H groups in total. The minimum absolute atomic E-state index is 0.0663. The smallest absolute Gasteiger partial charge is 0.140 e. The van der Waals surface area contributed by atoms with E-state index >= 15 is 0 Å². The summed E-state index contributed by atoms with van der Waals surface area (Å²) in [4.78, 5) is 2.49. The lowest BCUT2D eigenvalue weighted by atomic mass is 9.64.